The molecule has 2 aromatic carbocycles. The summed E-state index contributed by atoms with van der Waals surface area (Å²) in [7, 11) is 0. The standard InChI is InChI=1S/C22H21N5OS/c1-2-27(14-16-8-4-3-5-9-16)21-17-10-6-7-11-18(17)25-20(26-21)13-24-22(28)19-12-23-15-29-19/h3-12,15H,2,13-14H2,1H3,(H,24,28). The summed E-state index contributed by atoms with van der Waals surface area (Å²) in [4.78, 5) is 28.5. The molecule has 29 heavy (non-hydrogen) atoms. The van der Waals surface area contributed by atoms with Crippen LogP contribution in [0.2, 0.25) is 0 Å². The summed E-state index contributed by atoms with van der Waals surface area (Å²) in [5.41, 5.74) is 3.73. The predicted molar refractivity (Wildman–Crippen MR) is 116 cm³/mol. The zero-order chi connectivity index (χ0) is 20.1. The van der Waals surface area contributed by atoms with Gasteiger partial charge >= 0.3 is 0 Å². The number of aromatic nitrogens is 3. The summed E-state index contributed by atoms with van der Waals surface area (Å²) in [6.45, 7) is 3.94. The molecule has 6 nitrogen and oxygen atoms in total. The van der Waals surface area contributed by atoms with E-state index in [9.17, 15) is 4.79 Å². The second-order valence-electron chi connectivity index (χ2n) is 6.53. The quantitative estimate of drug-likeness (QED) is 0.504. The molecule has 1 N–H and O–H groups in total. The van der Waals surface area contributed by atoms with Crippen LogP contribution >= 0.6 is 11.3 Å². The Kier molecular flexibility index (Phi) is 5.76. The van der Waals surface area contributed by atoms with Crippen molar-refractivity contribution in [3.63, 3.8) is 0 Å². The van der Waals surface area contributed by atoms with Gasteiger partial charge in [0.15, 0.2) is 5.82 Å². The topological polar surface area (TPSA) is 71.0 Å². The summed E-state index contributed by atoms with van der Waals surface area (Å²) in [6, 6.07) is 18.3. The van der Waals surface area contributed by atoms with Crippen molar-refractivity contribution < 1.29 is 4.79 Å². The molecule has 0 spiro atoms. The van der Waals surface area contributed by atoms with Gasteiger partial charge in [-0.2, -0.15) is 0 Å². The maximum atomic E-state index is 12.3. The highest BCUT2D eigenvalue weighted by Gasteiger charge is 2.15. The number of anilines is 1. The molecule has 146 valence electrons. The number of hydrogen-bond donors (Lipinski definition) is 1. The van der Waals surface area contributed by atoms with Crippen LogP contribution in [0.1, 0.15) is 28.0 Å². The van der Waals surface area contributed by atoms with E-state index in [1.54, 1.807) is 11.7 Å². The van der Waals surface area contributed by atoms with Gasteiger partial charge < -0.3 is 10.2 Å². The van der Waals surface area contributed by atoms with Crippen molar-refractivity contribution in [2.24, 2.45) is 0 Å². The smallest absolute Gasteiger partial charge is 0.263 e. The van der Waals surface area contributed by atoms with Gasteiger partial charge in [-0.3, -0.25) is 9.78 Å². The van der Waals surface area contributed by atoms with Crippen molar-refractivity contribution in [2.75, 3.05) is 11.4 Å². The van der Waals surface area contributed by atoms with E-state index < -0.39 is 0 Å². The molecule has 0 saturated carbocycles. The van der Waals surface area contributed by atoms with Crippen LogP contribution in [0.3, 0.4) is 0 Å². The van der Waals surface area contributed by atoms with Gasteiger partial charge in [-0.15, -0.1) is 11.3 Å². The normalized spacial score (nSPS) is 10.8. The minimum absolute atomic E-state index is 0.164. The lowest BCUT2D eigenvalue weighted by Gasteiger charge is -2.24. The highest BCUT2D eigenvalue weighted by molar-refractivity contribution is 7.11. The van der Waals surface area contributed by atoms with Crippen LogP contribution in [0.15, 0.2) is 66.3 Å². The third-order valence-corrected chi connectivity index (χ3v) is 5.36. The average molecular weight is 404 g/mol. The maximum Gasteiger partial charge on any atom is 0.263 e. The summed E-state index contributed by atoms with van der Waals surface area (Å²) in [6.07, 6.45) is 1.56. The highest BCUT2D eigenvalue weighted by Crippen LogP contribution is 2.25. The Bertz CT molecular complexity index is 1100. The molecule has 1 amide bonds. The van der Waals surface area contributed by atoms with Crippen LogP contribution in [0.5, 0.6) is 0 Å². The van der Waals surface area contributed by atoms with Crippen LogP contribution in [-0.4, -0.2) is 27.4 Å². The number of carbonyl (C=O) groups is 1. The fraction of sp³-hybridized carbons (Fsp3) is 0.182. The second kappa shape index (κ2) is 8.79. The monoisotopic (exact) mass is 403 g/mol. The number of nitrogens with one attached hydrogen (secondary N) is 1. The van der Waals surface area contributed by atoms with Gasteiger partial charge in [-0.25, -0.2) is 9.97 Å². The summed E-state index contributed by atoms with van der Waals surface area (Å²) in [5, 5.41) is 3.89. The first-order valence-corrected chi connectivity index (χ1v) is 10.3. The lowest BCUT2D eigenvalue weighted by atomic mass is 10.2. The van der Waals surface area contributed by atoms with E-state index >= 15 is 0 Å². The Morgan fingerprint density at radius 2 is 1.86 bits per heavy atom. The first kappa shape index (κ1) is 19.0. The van der Waals surface area contributed by atoms with Crippen molar-refractivity contribution in [3.8, 4) is 0 Å². The maximum absolute atomic E-state index is 12.3. The van der Waals surface area contributed by atoms with Crippen molar-refractivity contribution >= 4 is 34.0 Å². The highest BCUT2D eigenvalue weighted by atomic mass is 32.1. The van der Waals surface area contributed by atoms with Crippen molar-refractivity contribution in [3.05, 3.63) is 82.6 Å². The molecule has 0 fully saturated rings. The van der Waals surface area contributed by atoms with Gasteiger partial charge in [0.1, 0.15) is 10.7 Å². The molecule has 0 bridgehead atoms. The fourth-order valence-corrected chi connectivity index (χ4v) is 3.68. The molecule has 0 unspecified atom stereocenters. The van der Waals surface area contributed by atoms with Gasteiger partial charge in [-0.05, 0) is 24.6 Å². The molecule has 7 heteroatoms. The Morgan fingerprint density at radius 1 is 1.07 bits per heavy atom. The largest absolute Gasteiger partial charge is 0.352 e. The zero-order valence-corrected chi connectivity index (χ0v) is 16.9. The van der Waals surface area contributed by atoms with E-state index in [1.165, 1.54) is 16.9 Å². The van der Waals surface area contributed by atoms with E-state index in [1.807, 2.05) is 42.5 Å². The Hall–Kier alpha value is -3.32. The lowest BCUT2D eigenvalue weighted by Crippen LogP contribution is -2.26. The van der Waals surface area contributed by atoms with Crippen molar-refractivity contribution in [2.45, 2.75) is 20.0 Å². The molecule has 0 aliphatic carbocycles. The van der Waals surface area contributed by atoms with Gasteiger partial charge in [-0.1, -0.05) is 42.5 Å². The number of para-hydroxylation sites is 1. The van der Waals surface area contributed by atoms with Crippen LogP contribution in [0.4, 0.5) is 5.82 Å². The van der Waals surface area contributed by atoms with E-state index in [0.717, 1.165) is 29.8 Å². The first-order chi connectivity index (χ1) is 14.2. The number of thiazole rings is 1. The number of hydrogen-bond acceptors (Lipinski definition) is 6. The molecular formula is C22H21N5OS. The number of fused-ring (bicyclic) bond motifs is 1. The molecule has 2 aromatic heterocycles. The number of amides is 1. The molecule has 0 aliphatic heterocycles. The molecular weight excluding hydrogens is 382 g/mol. The van der Waals surface area contributed by atoms with Crippen LogP contribution in [-0.2, 0) is 13.1 Å². The molecule has 4 aromatic rings. The average Bonchev–Trinajstić information content (AvgIpc) is 3.31. The molecule has 2 heterocycles. The minimum atomic E-state index is -0.164. The van der Waals surface area contributed by atoms with Gasteiger partial charge in [0, 0.05) is 18.5 Å². The predicted octanol–water partition coefficient (Wildman–Crippen LogP) is 4.04. The number of nitrogens with zero attached hydrogens (tertiary/aromatic N) is 4. The van der Waals surface area contributed by atoms with E-state index in [0.29, 0.717) is 10.7 Å². The van der Waals surface area contributed by atoms with E-state index in [-0.39, 0.29) is 12.5 Å². The third kappa shape index (κ3) is 4.41. The molecule has 0 radical (unpaired) electrons. The van der Waals surface area contributed by atoms with Gasteiger partial charge in [0.25, 0.3) is 5.91 Å². The van der Waals surface area contributed by atoms with Crippen LogP contribution in [0, 0.1) is 0 Å². The number of rotatable bonds is 7. The van der Waals surface area contributed by atoms with Crippen molar-refractivity contribution in [1.29, 1.82) is 0 Å². The number of benzene rings is 2. The Labute approximate surface area is 173 Å². The van der Waals surface area contributed by atoms with Crippen LogP contribution < -0.4 is 10.2 Å². The minimum Gasteiger partial charge on any atom is -0.352 e. The lowest BCUT2D eigenvalue weighted by molar-refractivity contribution is 0.0953. The summed E-state index contributed by atoms with van der Waals surface area (Å²) >= 11 is 1.31. The van der Waals surface area contributed by atoms with Gasteiger partial charge in [0.2, 0.25) is 0 Å². The first-order valence-electron chi connectivity index (χ1n) is 9.46. The molecule has 4 rings (SSSR count). The Balaban J connectivity index is 1.64. The zero-order valence-electron chi connectivity index (χ0n) is 16.1. The summed E-state index contributed by atoms with van der Waals surface area (Å²) in [5.74, 6) is 1.30. The molecule has 0 aliphatic rings. The van der Waals surface area contributed by atoms with Gasteiger partial charge in [0.05, 0.1) is 23.8 Å². The Morgan fingerprint density at radius 3 is 2.62 bits per heavy atom. The number of carbonyl (C=O) groups excluding carboxylic acids is 1. The second-order valence-corrected chi connectivity index (χ2v) is 7.42. The van der Waals surface area contributed by atoms with E-state index in [4.69, 9.17) is 4.98 Å². The van der Waals surface area contributed by atoms with E-state index in [2.05, 4.69) is 39.2 Å². The molecule has 0 atom stereocenters. The SMILES string of the molecule is CCN(Cc1ccccc1)c1nc(CNC(=O)c2cncs2)nc2ccccc12. The third-order valence-electron chi connectivity index (χ3n) is 4.59. The van der Waals surface area contributed by atoms with Crippen molar-refractivity contribution in [1.82, 2.24) is 20.3 Å². The summed E-state index contributed by atoms with van der Waals surface area (Å²) < 4.78 is 0. The fourth-order valence-electron chi connectivity index (χ4n) is 3.14. The van der Waals surface area contributed by atoms with Crippen LogP contribution in [0.25, 0.3) is 10.9 Å². The molecule has 0 saturated heterocycles.